The number of ether oxygens (including phenoxy) is 2. The predicted octanol–water partition coefficient (Wildman–Crippen LogP) is 1.65. The van der Waals surface area contributed by atoms with Gasteiger partial charge in [-0.1, -0.05) is 0 Å². The smallest absolute Gasteiger partial charge is 0.342 e. The van der Waals surface area contributed by atoms with E-state index in [1.165, 1.54) is 7.11 Å². The van der Waals surface area contributed by atoms with Crippen molar-refractivity contribution in [2.24, 2.45) is 0 Å². The molecular formula is C13H16O5. The van der Waals surface area contributed by atoms with Gasteiger partial charge in [-0.15, -0.1) is 0 Å². The minimum Gasteiger partial charge on any atom is -0.507 e. The lowest BCUT2D eigenvalue weighted by Gasteiger charge is -2.26. The molecule has 0 aromatic heterocycles. The molecule has 5 nitrogen and oxygen atoms in total. The quantitative estimate of drug-likeness (QED) is 0.783. The third-order valence-corrected chi connectivity index (χ3v) is 3.19. The normalized spacial score (nSPS) is 18.4. The summed E-state index contributed by atoms with van der Waals surface area (Å²) in [5.41, 5.74) is 1.58. The molecule has 0 aliphatic carbocycles. The molecule has 0 amide bonds. The van der Waals surface area contributed by atoms with Gasteiger partial charge in [0.2, 0.25) is 0 Å². The van der Waals surface area contributed by atoms with E-state index >= 15 is 0 Å². The maximum Gasteiger partial charge on any atom is 0.342 e. The fourth-order valence-electron chi connectivity index (χ4n) is 2.28. The molecule has 0 saturated carbocycles. The van der Waals surface area contributed by atoms with E-state index in [1.807, 2.05) is 0 Å². The molecule has 1 aliphatic rings. The number of esters is 1. The number of cyclic esters (lactones) is 1. The van der Waals surface area contributed by atoms with Crippen molar-refractivity contribution in [3.8, 4) is 11.5 Å². The highest BCUT2D eigenvalue weighted by Gasteiger charge is 2.32. The average Bonchev–Trinajstić information content (AvgIpc) is 2.31. The monoisotopic (exact) mass is 252 g/mol. The van der Waals surface area contributed by atoms with E-state index in [-0.39, 0.29) is 35.3 Å². The summed E-state index contributed by atoms with van der Waals surface area (Å²) in [4.78, 5) is 11.8. The van der Waals surface area contributed by atoms with Gasteiger partial charge in [-0.25, -0.2) is 4.79 Å². The van der Waals surface area contributed by atoms with Crippen LogP contribution in [0.15, 0.2) is 0 Å². The van der Waals surface area contributed by atoms with Gasteiger partial charge >= 0.3 is 5.97 Å². The Morgan fingerprint density at radius 2 is 2.06 bits per heavy atom. The van der Waals surface area contributed by atoms with E-state index in [9.17, 15) is 15.0 Å². The lowest BCUT2D eigenvalue weighted by molar-refractivity contribution is 0.0293. The Morgan fingerprint density at radius 1 is 1.39 bits per heavy atom. The molecule has 0 unspecified atom stereocenters. The molecule has 98 valence electrons. The Balaban J connectivity index is 2.72. The zero-order valence-corrected chi connectivity index (χ0v) is 10.6. The van der Waals surface area contributed by atoms with Gasteiger partial charge in [0.05, 0.1) is 6.61 Å². The minimum atomic E-state index is -0.554. The molecule has 0 saturated heterocycles. The fraction of sp³-hybridized carbons (Fsp3) is 0.462. The van der Waals surface area contributed by atoms with E-state index in [0.717, 1.165) is 0 Å². The SMILES string of the molecule is COCc1c(O)c(C)c(O)c2c1C[C@H](C)OC2=O. The lowest BCUT2D eigenvalue weighted by atomic mass is 9.90. The van der Waals surface area contributed by atoms with Gasteiger partial charge in [-0.05, 0) is 19.4 Å². The largest absolute Gasteiger partial charge is 0.507 e. The van der Waals surface area contributed by atoms with Crippen LogP contribution in [-0.2, 0) is 22.5 Å². The van der Waals surface area contributed by atoms with E-state index in [2.05, 4.69) is 0 Å². The summed E-state index contributed by atoms with van der Waals surface area (Å²) in [7, 11) is 1.51. The van der Waals surface area contributed by atoms with Crippen molar-refractivity contribution in [2.75, 3.05) is 7.11 Å². The molecule has 0 radical (unpaired) electrons. The van der Waals surface area contributed by atoms with Crippen molar-refractivity contribution >= 4 is 5.97 Å². The highest BCUT2D eigenvalue weighted by molar-refractivity contribution is 5.96. The number of phenolic OH excluding ortho intramolecular Hbond substituents is 2. The first-order valence-electron chi connectivity index (χ1n) is 5.73. The Kier molecular flexibility index (Phi) is 3.17. The number of rotatable bonds is 2. The summed E-state index contributed by atoms with van der Waals surface area (Å²) in [6.45, 7) is 3.51. The lowest BCUT2D eigenvalue weighted by Crippen LogP contribution is -2.27. The van der Waals surface area contributed by atoms with Gasteiger partial charge in [0.15, 0.2) is 0 Å². The Bertz CT molecular complexity index is 507. The van der Waals surface area contributed by atoms with Crippen LogP contribution in [0.5, 0.6) is 11.5 Å². The standard InChI is InChI=1S/C13H16O5/c1-6-4-8-9(5-17-3)11(14)7(2)12(15)10(8)13(16)18-6/h6,14-15H,4-5H2,1-3H3/t6-/m0/s1. The maximum atomic E-state index is 11.8. The molecule has 0 spiro atoms. The number of hydrogen-bond donors (Lipinski definition) is 2. The molecule has 1 aromatic carbocycles. The molecule has 1 aliphatic heterocycles. The Labute approximate surface area is 105 Å². The van der Waals surface area contributed by atoms with Crippen LogP contribution in [0.25, 0.3) is 0 Å². The summed E-state index contributed by atoms with van der Waals surface area (Å²) in [6.07, 6.45) is 0.184. The highest BCUT2D eigenvalue weighted by Crippen LogP contribution is 2.40. The number of hydrogen-bond acceptors (Lipinski definition) is 5. The number of carbonyl (C=O) groups is 1. The topological polar surface area (TPSA) is 76.0 Å². The first-order valence-corrected chi connectivity index (χ1v) is 5.73. The van der Waals surface area contributed by atoms with Gasteiger partial charge in [-0.3, -0.25) is 0 Å². The third-order valence-electron chi connectivity index (χ3n) is 3.19. The van der Waals surface area contributed by atoms with Crippen molar-refractivity contribution < 1.29 is 24.5 Å². The molecule has 1 aromatic rings. The van der Waals surface area contributed by atoms with Gasteiger partial charge in [0, 0.05) is 24.7 Å². The van der Waals surface area contributed by atoms with Crippen molar-refractivity contribution in [3.05, 3.63) is 22.3 Å². The summed E-state index contributed by atoms with van der Waals surface area (Å²) >= 11 is 0. The molecule has 18 heavy (non-hydrogen) atoms. The minimum absolute atomic E-state index is 0.0185. The fourth-order valence-corrected chi connectivity index (χ4v) is 2.28. The zero-order valence-electron chi connectivity index (χ0n) is 10.6. The van der Waals surface area contributed by atoms with Gasteiger partial charge in [-0.2, -0.15) is 0 Å². The molecule has 2 rings (SSSR count). The van der Waals surface area contributed by atoms with Crippen LogP contribution in [0, 0.1) is 6.92 Å². The van der Waals surface area contributed by atoms with E-state index in [4.69, 9.17) is 9.47 Å². The van der Waals surface area contributed by atoms with Crippen LogP contribution in [0.1, 0.15) is 34.0 Å². The second-order valence-corrected chi connectivity index (χ2v) is 4.51. The van der Waals surface area contributed by atoms with E-state index in [0.29, 0.717) is 17.5 Å². The van der Waals surface area contributed by atoms with Crippen LogP contribution in [0.3, 0.4) is 0 Å². The van der Waals surface area contributed by atoms with Gasteiger partial charge < -0.3 is 19.7 Å². The van der Waals surface area contributed by atoms with Crippen LogP contribution < -0.4 is 0 Å². The number of carbonyl (C=O) groups excluding carboxylic acids is 1. The average molecular weight is 252 g/mol. The number of aromatic hydroxyl groups is 2. The maximum absolute atomic E-state index is 11.8. The van der Waals surface area contributed by atoms with Crippen LogP contribution >= 0.6 is 0 Å². The van der Waals surface area contributed by atoms with Crippen LogP contribution in [0.2, 0.25) is 0 Å². The second kappa shape index (κ2) is 4.49. The first kappa shape index (κ1) is 12.7. The number of methoxy groups -OCH3 is 1. The third kappa shape index (κ3) is 1.80. The molecule has 5 heteroatoms. The Morgan fingerprint density at radius 3 is 2.67 bits per heavy atom. The van der Waals surface area contributed by atoms with Crippen LogP contribution in [-0.4, -0.2) is 29.4 Å². The van der Waals surface area contributed by atoms with Crippen molar-refractivity contribution in [1.82, 2.24) is 0 Å². The molecule has 1 heterocycles. The van der Waals surface area contributed by atoms with Crippen molar-refractivity contribution in [3.63, 3.8) is 0 Å². The first-order chi connectivity index (χ1) is 8.47. The molecule has 2 N–H and O–H groups in total. The second-order valence-electron chi connectivity index (χ2n) is 4.51. The molecular weight excluding hydrogens is 236 g/mol. The zero-order chi connectivity index (χ0) is 13.4. The van der Waals surface area contributed by atoms with Crippen molar-refractivity contribution in [2.45, 2.75) is 33.0 Å². The highest BCUT2D eigenvalue weighted by atomic mass is 16.5. The van der Waals surface area contributed by atoms with E-state index < -0.39 is 5.97 Å². The van der Waals surface area contributed by atoms with E-state index in [1.54, 1.807) is 13.8 Å². The summed E-state index contributed by atoms with van der Waals surface area (Å²) in [5.74, 6) is -0.782. The molecule has 1 atom stereocenters. The number of benzene rings is 1. The molecule has 0 fully saturated rings. The van der Waals surface area contributed by atoms with Gasteiger partial charge in [0.1, 0.15) is 23.2 Å². The summed E-state index contributed by atoms with van der Waals surface area (Å²) in [5, 5.41) is 20.0. The number of fused-ring (bicyclic) bond motifs is 1. The summed E-state index contributed by atoms with van der Waals surface area (Å²) in [6, 6.07) is 0. The Hall–Kier alpha value is -1.75. The molecule has 0 bridgehead atoms. The van der Waals surface area contributed by atoms with Gasteiger partial charge in [0.25, 0.3) is 0 Å². The number of phenols is 2. The van der Waals surface area contributed by atoms with Crippen molar-refractivity contribution in [1.29, 1.82) is 0 Å². The van der Waals surface area contributed by atoms with Crippen LogP contribution in [0.4, 0.5) is 0 Å². The predicted molar refractivity (Wildman–Crippen MR) is 63.8 cm³/mol. The summed E-state index contributed by atoms with van der Waals surface area (Å²) < 4.78 is 10.1.